The van der Waals surface area contributed by atoms with Gasteiger partial charge in [0.15, 0.2) is 6.33 Å². The second-order valence-corrected chi connectivity index (χ2v) is 5.25. The topological polar surface area (TPSA) is 54.2 Å². The molecule has 0 bridgehead atoms. The number of nitrogens with zero attached hydrogens (tertiary/aromatic N) is 3. The van der Waals surface area contributed by atoms with E-state index in [4.69, 9.17) is 4.52 Å². The molecule has 0 aliphatic carbocycles. The third-order valence-corrected chi connectivity index (χ3v) is 3.70. The van der Waals surface area contributed by atoms with Crippen molar-refractivity contribution in [2.45, 2.75) is 25.4 Å². The van der Waals surface area contributed by atoms with Crippen LogP contribution in [0.4, 0.5) is 0 Å². The van der Waals surface area contributed by atoms with Crippen LogP contribution >= 0.6 is 0 Å². The fraction of sp³-hybridized carbons (Fsp3) is 0.467. The Balaban J connectivity index is 1.38. The Kier molecular flexibility index (Phi) is 4.40. The lowest BCUT2D eigenvalue weighted by Crippen LogP contribution is -2.33. The minimum Gasteiger partial charge on any atom is -0.340 e. The van der Waals surface area contributed by atoms with Gasteiger partial charge in [0, 0.05) is 38.6 Å². The Morgan fingerprint density at radius 1 is 1.30 bits per heavy atom. The third-order valence-electron chi connectivity index (χ3n) is 3.70. The normalized spacial score (nSPS) is 19.5. The number of hydrogen-bond donors (Lipinski definition) is 1. The Bertz CT molecular complexity index is 500. The molecule has 1 saturated heterocycles. The summed E-state index contributed by atoms with van der Waals surface area (Å²) in [5, 5.41) is 7.18. The van der Waals surface area contributed by atoms with Crippen LogP contribution < -0.4 is 5.32 Å². The second-order valence-electron chi connectivity index (χ2n) is 5.25. The van der Waals surface area contributed by atoms with Crippen molar-refractivity contribution in [3.8, 4) is 0 Å². The van der Waals surface area contributed by atoms with Crippen LogP contribution in [0, 0.1) is 0 Å². The van der Waals surface area contributed by atoms with E-state index in [1.54, 1.807) is 0 Å². The molecule has 2 heterocycles. The van der Waals surface area contributed by atoms with Gasteiger partial charge in [0.05, 0.1) is 0 Å². The lowest BCUT2D eigenvalue weighted by molar-refractivity contribution is 0.319. The van der Waals surface area contributed by atoms with Gasteiger partial charge in [0.1, 0.15) is 0 Å². The zero-order chi connectivity index (χ0) is 13.6. The minimum atomic E-state index is 0.571. The summed E-state index contributed by atoms with van der Waals surface area (Å²) in [5.41, 5.74) is 1.39. The highest BCUT2D eigenvalue weighted by molar-refractivity contribution is 5.14. The summed E-state index contributed by atoms with van der Waals surface area (Å²) in [5.74, 6) is 0.705. The van der Waals surface area contributed by atoms with Gasteiger partial charge >= 0.3 is 0 Å². The number of nitrogens with one attached hydrogen (secondary N) is 1. The molecular formula is C15H20N4O. The standard InChI is InChI=1S/C15H20N4O/c1-2-4-13(5-3-1)10-19-9-7-14(11-19)16-8-6-15-17-12-18-20-15/h1-5,12,14,16H,6-11H2. The number of hydrogen-bond acceptors (Lipinski definition) is 5. The van der Waals surface area contributed by atoms with Gasteiger partial charge in [0.25, 0.3) is 0 Å². The summed E-state index contributed by atoms with van der Waals surface area (Å²) < 4.78 is 4.99. The Labute approximate surface area is 119 Å². The fourth-order valence-electron chi connectivity index (χ4n) is 2.67. The lowest BCUT2D eigenvalue weighted by atomic mass is 10.2. The van der Waals surface area contributed by atoms with Gasteiger partial charge in [-0.25, -0.2) is 0 Å². The van der Waals surface area contributed by atoms with E-state index in [9.17, 15) is 0 Å². The quantitative estimate of drug-likeness (QED) is 0.863. The number of aromatic nitrogens is 2. The first-order valence-electron chi connectivity index (χ1n) is 7.15. The van der Waals surface area contributed by atoms with E-state index in [-0.39, 0.29) is 0 Å². The van der Waals surface area contributed by atoms with Crippen molar-refractivity contribution in [3.63, 3.8) is 0 Å². The zero-order valence-corrected chi connectivity index (χ0v) is 11.5. The van der Waals surface area contributed by atoms with Crippen LogP contribution in [0.25, 0.3) is 0 Å². The highest BCUT2D eigenvalue weighted by Crippen LogP contribution is 2.13. The summed E-state index contributed by atoms with van der Waals surface area (Å²) in [6.07, 6.45) is 3.46. The Morgan fingerprint density at radius 2 is 2.20 bits per heavy atom. The van der Waals surface area contributed by atoms with Crippen molar-refractivity contribution in [2.24, 2.45) is 0 Å². The molecule has 0 radical (unpaired) electrons. The first kappa shape index (κ1) is 13.3. The molecule has 5 heteroatoms. The van der Waals surface area contributed by atoms with Gasteiger partial charge < -0.3 is 9.84 Å². The van der Waals surface area contributed by atoms with Crippen molar-refractivity contribution in [3.05, 3.63) is 48.1 Å². The van der Waals surface area contributed by atoms with Gasteiger partial charge in [-0.15, -0.1) is 0 Å². The van der Waals surface area contributed by atoms with Crippen molar-refractivity contribution >= 4 is 0 Å². The van der Waals surface area contributed by atoms with E-state index in [0.29, 0.717) is 11.9 Å². The van der Waals surface area contributed by atoms with Crippen LogP contribution in [0.3, 0.4) is 0 Å². The van der Waals surface area contributed by atoms with Crippen molar-refractivity contribution in [1.29, 1.82) is 0 Å². The van der Waals surface area contributed by atoms with Gasteiger partial charge in [0.2, 0.25) is 5.89 Å². The van der Waals surface area contributed by atoms with Crippen molar-refractivity contribution in [2.75, 3.05) is 19.6 Å². The summed E-state index contributed by atoms with van der Waals surface area (Å²) in [4.78, 5) is 6.52. The molecule has 1 aromatic carbocycles. The zero-order valence-electron chi connectivity index (χ0n) is 11.5. The average molecular weight is 272 g/mol. The van der Waals surface area contributed by atoms with E-state index < -0.39 is 0 Å². The highest BCUT2D eigenvalue weighted by Gasteiger charge is 2.21. The molecule has 0 spiro atoms. The first-order valence-corrected chi connectivity index (χ1v) is 7.15. The molecule has 1 aliphatic heterocycles. The first-order chi connectivity index (χ1) is 9.90. The van der Waals surface area contributed by atoms with E-state index >= 15 is 0 Å². The van der Waals surface area contributed by atoms with Crippen LogP contribution in [0.2, 0.25) is 0 Å². The van der Waals surface area contributed by atoms with Gasteiger partial charge in [-0.2, -0.15) is 4.98 Å². The van der Waals surface area contributed by atoms with Crippen LogP contribution in [0.1, 0.15) is 17.9 Å². The summed E-state index contributed by atoms with van der Waals surface area (Å²) in [7, 11) is 0. The van der Waals surface area contributed by atoms with E-state index in [1.807, 2.05) is 0 Å². The van der Waals surface area contributed by atoms with E-state index in [0.717, 1.165) is 32.6 Å². The molecule has 106 valence electrons. The van der Waals surface area contributed by atoms with Gasteiger partial charge in [-0.05, 0) is 12.0 Å². The summed E-state index contributed by atoms with van der Waals surface area (Å²) in [6.45, 7) is 4.21. The maximum atomic E-state index is 4.99. The maximum absolute atomic E-state index is 4.99. The number of benzene rings is 1. The Hall–Kier alpha value is -1.72. The average Bonchev–Trinajstić information content (AvgIpc) is 3.12. The molecule has 1 atom stereocenters. The molecular weight excluding hydrogens is 252 g/mol. The molecule has 20 heavy (non-hydrogen) atoms. The molecule has 1 aromatic heterocycles. The number of likely N-dealkylation sites (tertiary alicyclic amines) is 1. The van der Waals surface area contributed by atoms with Crippen LogP contribution in [0.15, 0.2) is 41.2 Å². The van der Waals surface area contributed by atoms with E-state index in [1.165, 1.54) is 18.3 Å². The molecule has 1 N–H and O–H groups in total. The molecule has 1 fully saturated rings. The van der Waals surface area contributed by atoms with Crippen molar-refractivity contribution in [1.82, 2.24) is 20.4 Å². The smallest absolute Gasteiger partial charge is 0.227 e. The summed E-state index contributed by atoms with van der Waals surface area (Å²) in [6, 6.07) is 11.2. The van der Waals surface area contributed by atoms with Gasteiger partial charge in [-0.1, -0.05) is 35.5 Å². The molecule has 0 amide bonds. The predicted molar refractivity (Wildman–Crippen MR) is 76.1 cm³/mol. The number of rotatable bonds is 6. The second kappa shape index (κ2) is 6.63. The third kappa shape index (κ3) is 3.65. The maximum Gasteiger partial charge on any atom is 0.227 e. The molecule has 1 aliphatic rings. The Morgan fingerprint density at radius 3 is 3.00 bits per heavy atom. The fourth-order valence-corrected chi connectivity index (χ4v) is 2.67. The van der Waals surface area contributed by atoms with Crippen molar-refractivity contribution < 1.29 is 4.52 Å². The predicted octanol–water partition coefficient (Wildman–Crippen LogP) is 1.48. The summed E-state index contributed by atoms with van der Waals surface area (Å²) >= 11 is 0. The van der Waals surface area contributed by atoms with E-state index in [2.05, 4.69) is 50.7 Å². The molecule has 5 nitrogen and oxygen atoms in total. The lowest BCUT2D eigenvalue weighted by Gasteiger charge is -2.16. The highest BCUT2D eigenvalue weighted by atomic mass is 16.5. The van der Waals surface area contributed by atoms with Crippen LogP contribution in [-0.2, 0) is 13.0 Å². The molecule has 0 saturated carbocycles. The van der Waals surface area contributed by atoms with Crippen LogP contribution in [0.5, 0.6) is 0 Å². The monoisotopic (exact) mass is 272 g/mol. The van der Waals surface area contributed by atoms with Gasteiger partial charge in [-0.3, -0.25) is 4.90 Å². The molecule has 3 rings (SSSR count). The SMILES string of the molecule is c1ccc(CN2CCC(NCCc3ncno3)C2)cc1. The minimum absolute atomic E-state index is 0.571. The largest absolute Gasteiger partial charge is 0.340 e. The molecule has 2 aromatic rings. The molecule has 1 unspecified atom stereocenters. The van der Waals surface area contributed by atoms with Crippen LogP contribution in [-0.4, -0.2) is 40.7 Å².